The smallest absolute Gasteiger partial charge is 0.395 e. The van der Waals surface area contributed by atoms with E-state index in [1.807, 2.05) is 19.1 Å². The number of aromatic nitrogens is 2. The van der Waals surface area contributed by atoms with Crippen molar-refractivity contribution in [3.63, 3.8) is 0 Å². The second-order valence-electron chi connectivity index (χ2n) is 8.39. The molecule has 2 heterocycles. The lowest BCUT2D eigenvalue weighted by Gasteiger charge is -2.17. The third kappa shape index (κ3) is 4.01. The molecule has 9 heteroatoms. The maximum Gasteiger partial charge on any atom is 0.422 e. The highest BCUT2D eigenvalue weighted by Crippen LogP contribution is 2.46. The maximum atomic E-state index is 14.1. The summed E-state index contributed by atoms with van der Waals surface area (Å²) in [6.45, 7) is 2.54. The van der Waals surface area contributed by atoms with Gasteiger partial charge in [0.15, 0.2) is 17.2 Å². The molecule has 1 aliphatic carbocycles. The van der Waals surface area contributed by atoms with Gasteiger partial charge < -0.3 is 19.5 Å². The summed E-state index contributed by atoms with van der Waals surface area (Å²) in [4.78, 5) is 0. The van der Waals surface area contributed by atoms with Gasteiger partial charge in [-0.15, -0.1) is 0 Å². The van der Waals surface area contributed by atoms with E-state index < -0.39 is 11.7 Å². The first-order valence-corrected chi connectivity index (χ1v) is 10.9. The van der Waals surface area contributed by atoms with E-state index in [1.54, 1.807) is 30.3 Å². The SMILES string of the molecule is CC(CO)NCc1ccc2c(c1)CCc1c-2noc1-c1noc(-c2ccccc2)c1C(F)(F)F. The molecule has 6 nitrogen and oxygen atoms in total. The number of hydrogen-bond donors (Lipinski definition) is 2. The molecule has 0 saturated heterocycles. The Balaban J connectivity index is 1.53. The van der Waals surface area contributed by atoms with Crippen molar-refractivity contribution in [3.8, 4) is 34.0 Å². The minimum Gasteiger partial charge on any atom is -0.395 e. The monoisotopic (exact) mass is 469 g/mol. The Morgan fingerprint density at radius 3 is 2.47 bits per heavy atom. The van der Waals surface area contributed by atoms with Crippen LogP contribution in [0.15, 0.2) is 57.6 Å². The predicted octanol–water partition coefficient (Wildman–Crippen LogP) is 5.25. The molecule has 0 aliphatic heterocycles. The van der Waals surface area contributed by atoms with Crippen LogP contribution in [0.4, 0.5) is 13.2 Å². The van der Waals surface area contributed by atoms with Crippen LogP contribution < -0.4 is 5.32 Å². The van der Waals surface area contributed by atoms with E-state index in [-0.39, 0.29) is 35.4 Å². The number of nitrogens with one attached hydrogen (secondary N) is 1. The largest absolute Gasteiger partial charge is 0.422 e. The van der Waals surface area contributed by atoms with Gasteiger partial charge in [-0.3, -0.25) is 0 Å². The standard InChI is InChI=1S/C25H22F3N3O3/c1-14(13-32)29-12-15-7-9-18-17(11-15)8-10-19-21(18)30-34-24(19)22-20(25(26,27)28)23(33-31-22)16-5-3-2-4-6-16/h2-7,9,11,14,29,32H,8,10,12-13H2,1H3. The van der Waals surface area contributed by atoms with Crippen molar-refractivity contribution in [3.05, 3.63) is 70.8 Å². The highest BCUT2D eigenvalue weighted by molar-refractivity contribution is 5.79. The van der Waals surface area contributed by atoms with E-state index >= 15 is 0 Å². The van der Waals surface area contributed by atoms with Gasteiger partial charge in [-0.2, -0.15) is 13.2 Å². The van der Waals surface area contributed by atoms with Crippen LogP contribution in [0, 0.1) is 0 Å². The molecule has 2 N–H and O–H groups in total. The molecule has 1 aliphatic rings. The van der Waals surface area contributed by atoms with E-state index in [0.29, 0.717) is 30.6 Å². The summed E-state index contributed by atoms with van der Waals surface area (Å²) < 4.78 is 53.0. The lowest BCUT2D eigenvalue weighted by molar-refractivity contribution is -0.136. The minimum atomic E-state index is -4.69. The van der Waals surface area contributed by atoms with Gasteiger partial charge in [-0.05, 0) is 30.9 Å². The molecule has 2 aromatic carbocycles. The number of fused-ring (bicyclic) bond motifs is 3. The van der Waals surface area contributed by atoms with E-state index in [2.05, 4.69) is 21.7 Å². The van der Waals surface area contributed by atoms with Crippen molar-refractivity contribution in [2.75, 3.05) is 6.61 Å². The Bertz CT molecular complexity index is 1310. The van der Waals surface area contributed by atoms with Gasteiger partial charge in [0.1, 0.15) is 11.3 Å². The zero-order valence-corrected chi connectivity index (χ0v) is 18.3. The molecule has 2 aromatic heterocycles. The average Bonchev–Trinajstić information content (AvgIpc) is 3.47. The second kappa shape index (κ2) is 8.73. The predicted molar refractivity (Wildman–Crippen MR) is 119 cm³/mol. The summed E-state index contributed by atoms with van der Waals surface area (Å²) in [7, 11) is 0. The number of benzene rings is 2. The quantitative estimate of drug-likeness (QED) is 0.401. The molecule has 0 radical (unpaired) electrons. The van der Waals surface area contributed by atoms with Crippen molar-refractivity contribution in [1.29, 1.82) is 0 Å². The fourth-order valence-electron chi connectivity index (χ4n) is 4.24. The topological polar surface area (TPSA) is 84.3 Å². The maximum absolute atomic E-state index is 14.1. The number of nitrogens with zero attached hydrogens (tertiary/aromatic N) is 2. The molecule has 34 heavy (non-hydrogen) atoms. The van der Waals surface area contributed by atoms with Gasteiger partial charge in [0, 0.05) is 29.3 Å². The number of alkyl halides is 3. The first-order chi connectivity index (χ1) is 16.4. The van der Waals surface area contributed by atoms with Crippen molar-refractivity contribution >= 4 is 0 Å². The van der Waals surface area contributed by atoms with Crippen LogP contribution in [-0.4, -0.2) is 28.1 Å². The minimum absolute atomic E-state index is 0.0126. The zero-order chi connectivity index (χ0) is 23.9. The van der Waals surface area contributed by atoms with Crippen LogP contribution in [0.3, 0.4) is 0 Å². The van der Waals surface area contributed by atoms with Gasteiger partial charge in [0.05, 0.1) is 6.61 Å². The molecular formula is C25H22F3N3O3. The van der Waals surface area contributed by atoms with Crippen LogP contribution in [0.1, 0.15) is 29.2 Å². The summed E-state index contributed by atoms with van der Waals surface area (Å²) in [5.41, 5.74) is 2.96. The molecule has 1 atom stereocenters. The van der Waals surface area contributed by atoms with Gasteiger partial charge in [-0.1, -0.05) is 58.8 Å². The van der Waals surface area contributed by atoms with Crippen molar-refractivity contribution in [1.82, 2.24) is 15.6 Å². The summed E-state index contributed by atoms with van der Waals surface area (Å²) >= 11 is 0. The lowest BCUT2D eigenvalue weighted by atomic mass is 9.87. The number of halogens is 3. The van der Waals surface area contributed by atoms with Crippen molar-refractivity contribution in [2.45, 2.75) is 38.5 Å². The molecule has 0 bridgehead atoms. The van der Waals surface area contributed by atoms with Gasteiger partial charge in [0.2, 0.25) is 0 Å². The molecule has 1 unspecified atom stereocenters. The second-order valence-corrected chi connectivity index (χ2v) is 8.39. The summed E-state index contributed by atoms with van der Waals surface area (Å²) in [6, 6.07) is 13.9. The third-order valence-electron chi connectivity index (χ3n) is 6.01. The van der Waals surface area contributed by atoms with Gasteiger partial charge in [-0.25, -0.2) is 0 Å². The first kappa shape index (κ1) is 22.4. The third-order valence-corrected chi connectivity index (χ3v) is 6.01. The van der Waals surface area contributed by atoms with E-state index in [4.69, 9.17) is 9.05 Å². The summed E-state index contributed by atoms with van der Waals surface area (Å²) in [6.07, 6.45) is -3.60. The Morgan fingerprint density at radius 1 is 1.00 bits per heavy atom. The Labute approximate surface area is 193 Å². The summed E-state index contributed by atoms with van der Waals surface area (Å²) in [5.74, 6) is -0.361. The molecule has 176 valence electrons. The highest BCUT2D eigenvalue weighted by Gasteiger charge is 2.43. The molecule has 0 spiro atoms. The number of aryl methyl sites for hydroxylation is 1. The number of rotatable bonds is 6. The lowest BCUT2D eigenvalue weighted by Crippen LogP contribution is -2.28. The van der Waals surface area contributed by atoms with Crippen molar-refractivity contribution < 1.29 is 27.3 Å². The van der Waals surface area contributed by atoms with Gasteiger partial charge >= 0.3 is 6.18 Å². The Hall–Kier alpha value is -3.43. The fraction of sp³-hybridized carbons (Fsp3) is 0.280. The highest BCUT2D eigenvalue weighted by atomic mass is 19.4. The van der Waals surface area contributed by atoms with E-state index in [1.165, 1.54) is 0 Å². The van der Waals surface area contributed by atoms with Crippen LogP contribution in [-0.2, 0) is 25.6 Å². The molecular weight excluding hydrogens is 447 g/mol. The van der Waals surface area contributed by atoms with Crippen LogP contribution in [0.5, 0.6) is 0 Å². The van der Waals surface area contributed by atoms with Crippen molar-refractivity contribution in [2.24, 2.45) is 0 Å². The molecule has 0 fully saturated rings. The van der Waals surface area contributed by atoms with E-state index in [9.17, 15) is 18.3 Å². The zero-order valence-electron chi connectivity index (χ0n) is 18.3. The molecule has 4 aromatic rings. The van der Waals surface area contributed by atoms with Gasteiger partial charge in [0.25, 0.3) is 0 Å². The molecule has 5 rings (SSSR count). The normalized spacial score (nSPS) is 14.0. The fourth-order valence-corrected chi connectivity index (χ4v) is 4.24. The summed E-state index contributed by atoms with van der Waals surface area (Å²) in [5, 5.41) is 20.3. The number of hydrogen-bond acceptors (Lipinski definition) is 6. The van der Waals surface area contributed by atoms with E-state index in [0.717, 1.165) is 16.7 Å². The number of aliphatic hydroxyl groups excluding tert-OH is 1. The first-order valence-electron chi connectivity index (χ1n) is 10.9. The van der Waals surface area contributed by atoms with Crippen LogP contribution >= 0.6 is 0 Å². The molecule has 0 amide bonds. The molecule has 0 saturated carbocycles. The van der Waals surface area contributed by atoms with Crippen LogP contribution in [0.2, 0.25) is 0 Å². The number of aliphatic hydroxyl groups is 1. The van der Waals surface area contributed by atoms with Crippen LogP contribution in [0.25, 0.3) is 34.0 Å². The average molecular weight is 469 g/mol. The Morgan fingerprint density at radius 2 is 1.74 bits per heavy atom. The Kier molecular flexibility index (Phi) is 5.75.